The highest BCUT2D eigenvalue weighted by atomic mass is 32.2. The highest BCUT2D eigenvalue weighted by Crippen LogP contribution is 2.24. The summed E-state index contributed by atoms with van der Waals surface area (Å²) in [5.74, 6) is 0.188. The van der Waals surface area contributed by atoms with Crippen molar-refractivity contribution < 1.29 is 13.3 Å². The van der Waals surface area contributed by atoms with E-state index in [1.54, 1.807) is 0 Å². The van der Waals surface area contributed by atoms with Crippen LogP contribution in [0.15, 0.2) is 47.5 Å². The molecule has 0 bridgehead atoms. The first-order valence-corrected chi connectivity index (χ1v) is 7.37. The van der Waals surface area contributed by atoms with E-state index in [-0.39, 0.29) is 5.82 Å². The molecule has 0 saturated carbocycles. The summed E-state index contributed by atoms with van der Waals surface area (Å²) >= 11 is 0. The molecule has 0 fully saturated rings. The zero-order valence-electron chi connectivity index (χ0n) is 10.8. The maximum Gasteiger partial charge on any atom is 0.307 e. The van der Waals surface area contributed by atoms with Crippen molar-refractivity contribution in [2.75, 3.05) is 5.32 Å². The topological polar surface area (TPSA) is 128 Å². The van der Waals surface area contributed by atoms with Gasteiger partial charge in [0.25, 0.3) is 0 Å². The molecule has 0 spiro atoms. The quantitative estimate of drug-likeness (QED) is 0.632. The smallest absolute Gasteiger partial charge is 0.307 e. The van der Waals surface area contributed by atoms with Crippen molar-refractivity contribution in [1.82, 2.24) is 4.98 Å². The number of benzene rings is 1. The summed E-state index contributed by atoms with van der Waals surface area (Å²) < 4.78 is 22.8. The molecule has 0 radical (unpaired) electrons. The van der Waals surface area contributed by atoms with Crippen LogP contribution in [0.3, 0.4) is 0 Å². The molecule has 0 aliphatic rings. The maximum atomic E-state index is 11.4. The highest BCUT2D eigenvalue weighted by molar-refractivity contribution is 7.89. The van der Waals surface area contributed by atoms with E-state index in [0.29, 0.717) is 6.54 Å². The molecule has 0 saturated heterocycles. The Kier molecular flexibility index (Phi) is 4.15. The summed E-state index contributed by atoms with van der Waals surface area (Å²) in [7, 11) is -4.21. The summed E-state index contributed by atoms with van der Waals surface area (Å²) in [4.78, 5) is 13.2. The third-order valence-electron chi connectivity index (χ3n) is 2.67. The zero-order chi connectivity index (χ0) is 15.5. The summed E-state index contributed by atoms with van der Waals surface area (Å²) in [6.07, 6.45) is 0.868. The van der Waals surface area contributed by atoms with Crippen molar-refractivity contribution in [3.8, 4) is 0 Å². The van der Waals surface area contributed by atoms with Gasteiger partial charge in [0.05, 0.1) is 4.92 Å². The van der Waals surface area contributed by atoms with Gasteiger partial charge in [0, 0.05) is 12.6 Å². The Morgan fingerprint density at radius 2 is 1.95 bits per heavy atom. The molecule has 8 nitrogen and oxygen atoms in total. The molecule has 110 valence electrons. The van der Waals surface area contributed by atoms with E-state index in [1.807, 2.05) is 30.3 Å². The van der Waals surface area contributed by atoms with Crippen molar-refractivity contribution in [3.63, 3.8) is 0 Å². The lowest BCUT2D eigenvalue weighted by molar-refractivity contribution is -0.388. The number of aromatic nitrogens is 1. The zero-order valence-corrected chi connectivity index (χ0v) is 11.6. The second-order valence-corrected chi connectivity index (χ2v) is 5.71. The van der Waals surface area contributed by atoms with Crippen LogP contribution >= 0.6 is 0 Å². The van der Waals surface area contributed by atoms with Gasteiger partial charge in [-0.25, -0.2) is 18.5 Å². The summed E-state index contributed by atoms with van der Waals surface area (Å²) in [6, 6.07) is 10.4. The number of primary sulfonamides is 1. The molecule has 0 atom stereocenters. The van der Waals surface area contributed by atoms with E-state index in [2.05, 4.69) is 10.3 Å². The van der Waals surface area contributed by atoms with Gasteiger partial charge in [0.2, 0.25) is 10.0 Å². The third-order valence-corrected chi connectivity index (χ3v) is 3.61. The first-order chi connectivity index (χ1) is 9.88. The van der Waals surface area contributed by atoms with Gasteiger partial charge in [-0.05, 0) is 5.56 Å². The number of hydrogen-bond donors (Lipinski definition) is 2. The van der Waals surface area contributed by atoms with Crippen molar-refractivity contribution >= 4 is 21.5 Å². The van der Waals surface area contributed by atoms with E-state index < -0.39 is 25.5 Å². The van der Waals surface area contributed by atoms with Gasteiger partial charge in [-0.15, -0.1) is 0 Å². The summed E-state index contributed by atoms with van der Waals surface area (Å²) in [6.45, 7) is 0.399. The molecule has 2 rings (SSSR count). The molecule has 2 aromatic rings. The Morgan fingerprint density at radius 1 is 1.29 bits per heavy atom. The summed E-state index contributed by atoms with van der Waals surface area (Å²) in [5, 5.41) is 18.7. The Morgan fingerprint density at radius 3 is 2.52 bits per heavy atom. The lowest BCUT2D eigenvalue weighted by Crippen LogP contribution is -2.15. The first kappa shape index (κ1) is 14.9. The van der Waals surface area contributed by atoms with E-state index in [4.69, 9.17) is 5.14 Å². The van der Waals surface area contributed by atoms with Crippen LogP contribution in [-0.4, -0.2) is 18.3 Å². The predicted octanol–water partition coefficient (Wildman–Crippen LogP) is 1.25. The number of pyridine rings is 1. The van der Waals surface area contributed by atoms with Crippen LogP contribution in [0.4, 0.5) is 11.5 Å². The molecule has 3 N–H and O–H groups in total. The first-order valence-electron chi connectivity index (χ1n) is 5.83. The van der Waals surface area contributed by atoms with Gasteiger partial charge in [-0.3, -0.25) is 10.1 Å². The molecule has 0 amide bonds. The average molecular weight is 308 g/mol. The summed E-state index contributed by atoms with van der Waals surface area (Å²) in [5.41, 5.74) is 0.303. The number of hydrogen-bond acceptors (Lipinski definition) is 6. The molecule has 1 heterocycles. The van der Waals surface area contributed by atoms with Gasteiger partial charge in [0.1, 0.15) is 12.0 Å². The second-order valence-electron chi connectivity index (χ2n) is 4.18. The molecule has 0 aliphatic heterocycles. The normalized spacial score (nSPS) is 11.1. The molecule has 0 aliphatic carbocycles. The number of nitrogens with one attached hydrogen (secondary N) is 1. The minimum atomic E-state index is -4.21. The van der Waals surface area contributed by atoms with Crippen molar-refractivity contribution in [2.45, 2.75) is 11.4 Å². The molecular formula is C12H12N4O4S. The average Bonchev–Trinajstić information content (AvgIpc) is 2.45. The van der Waals surface area contributed by atoms with Gasteiger partial charge in [-0.2, -0.15) is 0 Å². The van der Waals surface area contributed by atoms with E-state index in [1.165, 1.54) is 0 Å². The Hall–Kier alpha value is -2.52. The van der Waals surface area contributed by atoms with E-state index in [9.17, 15) is 18.5 Å². The van der Waals surface area contributed by atoms with Crippen LogP contribution in [0.5, 0.6) is 0 Å². The van der Waals surface area contributed by atoms with Gasteiger partial charge in [0.15, 0.2) is 4.90 Å². The number of nitrogens with two attached hydrogens (primary N) is 1. The fraction of sp³-hybridized carbons (Fsp3) is 0.0833. The SMILES string of the molecule is NS(=O)(=O)c1cc(NCc2ccccc2)ncc1[N+](=O)[O-]. The number of sulfonamides is 1. The lowest BCUT2D eigenvalue weighted by Gasteiger charge is -2.07. The van der Waals surface area contributed by atoms with Crippen LogP contribution < -0.4 is 10.5 Å². The number of anilines is 1. The fourth-order valence-corrected chi connectivity index (χ4v) is 2.37. The van der Waals surface area contributed by atoms with Crippen LogP contribution in [0.1, 0.15) is 5.56 Å². The van der Waals surface area contributed by atoms with Crippen molar-refractivity contribution in [3.05, 3.63) is 58.3 Å². The number of nitro groups is 1. The molecule has 9 heteroatoms. The maximum absolute atomic E-state index is 11.4. The van der Waals surface area contributed by atoms with Gasteiger partial charge < -0.3 is 5.32 Å². The standard InChI is InChI=1S/C12H12N4O4S/c13-21(19,20)11-6-12(15-8-10(11)16(17)18)14-7-9-4-2-1-3-5-9/h1-6,8H,7H2,(H,14,15)(H2,13,19,20). The van der Waals surface area contributed by atoms with Gasteiger partial charge in [-0.1, -0.05) is 30.3 Å². The second kappa shape index (κ2) is 5.85. The van der Waals surface area contributed by atoms with Crippen LogP contribution in [0, 0.1) is 10.1 Å². The lowest BCUT2D eigenvalue weighted by atomic mass is 10.2. The Labute approximate surface area is 120 Å². The largest absolute Gasteiger partial charge is 0.366 e. The van der Waals surface area contributed by atoms with Crippen LogP contribution in [0.2, 0.25) is 0 Å². The van der Waals surface area contributed by atoms with Crippen molar-refractivity contribution in [2.24, 2.45) is 5.14 Å². The van der Waals surface area contributed by atoms with E-state index in [0.717, 1.165) is 17.8 Å². The van der Waals surface area contributed by atoms with Crippen molar-refractivity contribution in [1.29, 1.82) is 0 Å². The minimum Gasteiger partial charge on any atom is -0.366 e. The van der Waals surface area contributed by atoms with E-state index >= 15 is 0 Å². The number of nitrogens with zero attached hydrogens (tertiary/aromatic N) is 2. The molecule has 21 heavy (non-hydrogen) atoms. The monoisotopic (exact) mass is 308 g/mol. The van der Waals surface area contributed by atoms with Crippen LogP contribution in [-0.2, 0) is 16.6 Å². The Bertz CT molecular complexity index is 762. The van der Waals surface area contributed by atoms with Gasteiger partial charge >= 0.3 is 5.69 Å². The van der Waals surface area contributed by atoms with Crippen LogP contribution in [0.25, 0.3) is 0 Å². The minimum absolute atomic E-state index is 0.188. The highest BCUT2D eigenvalue weighted by Gasteiger charge is 2.23. The number of rotatable bonds is 5. The molecule has 1 aromatic heterocycles. The predicted molar refractivity (Wildman–Crippen MR) is 76.0 cm³/mol. The Balaban J connectivity index is 2.28. The molecule has 0 unspecified atom stereocenters. The molecular weight excluding hydrogens is 296 g/mol. The third kappa shape index (κ3) is 3.74. The molecule has 1 aromatic carbocycles. The fourth-order valence-electron chi connectivity index (χ4n) is 1.68.